The van der Waals surface area contributed by atoms with Crippen molar-refractivity contribution in [3.63, 3.8) is 0 Å². The van der Waals surface area contributed by atoms with Crippen molar-refractivity contribution in [1.29, 1.82) is 0 Å². The normalized spacial score (nSPS) is 52.2. The van der Waals surface area contributed by atoms with E-state index >= 15 is 0 Å². The standard InChI is InChI=1S/C19H34N2O5/c22-9-14-17(23)18(24)16(19(25)26-14)21-15-10-5-1-3-7-12(10)20-13-8-4-2-6-11(13)15/h10-25H,1-9H2/t10?,11?,12?,13?,14-,15?,16-,17+,18-,19-/m0/s1. The van der Waals surface area contributed by atoms with Crippen molar-refractivity contribution in [2.24, 2.45) is 11.8 Å². The Morgan fingerprint density at radius 2 is 1.38 bits per heavy atom. The lowest BCUT2D eigenvalue weighted by Gasteiger charge is -2.54. The van der Waals surface area contributed by atoms with Crippen LogP contribution in [0.4, 0.5) is 0 Å². The largest absolute Gasteiger partial charge is 0.394 e. The summed E-state index contributed by atoms with van der Waals surface area (Å²) in [5.74, 6) is 0.963. The molecule has 0 aromatic rings. The molecule has 7 heteroatoms. The molecule has 4 fully saturated rings. The number of piperidine rings is 1. The second-order valence-corrected chi connectivity index (χ2v) is 8.72. The zero-order valence-corrected chi connectivity index (χ0v) is 15.3. The highest BCUT2D eigenvalue weighted by atomic mass is 16.6. The monoisotopic (exact) mass is 370 g/mol. The maximum atomic E-state index is 10.6. The zero-order chi connectivity index (χ0) is 18.3. The lowest BCUT2D eigenvalue weighted by Crippen LogP contribution is -2.70. The van der Waals surface area contributed by atoms with Crippen LogP contribution in [0.25, 0.3) is 0 Å². The molecule has 6 N–H and O–H groups in total. The van der Waals surface area contributed by atoms with E-state index in [-0.39, 0.29) is 6.04 Å². The second kappa shape index (κ2) is 7.99. The van der Waals surface area contributed by atoms with Gasteiger partial charge in [0.2, 0.25) is 0 Å². The predicted molar refractivity (Wildman–Crippen MR) is 95.3 cm³/mol. The maximum Gasteiger partial charge on any atom is 0.173 e. The van der Waals surface area contributed by atoms with Crippen LogP contribution in [-0.4, -0.2) is 75.8 Å². The topological polar surface area (TPSA) is 114 Å². The summed E-state index contributed by atoms with van der Waals surface area (Å²) in [6.45, 7) is -0.426. The number of aliphatic hydroxyl groups is 4. The van der Waals surface area contributed by atoms with Gasteiger partial charge in [0.05, 0.1) is 12.6 Å². The molecule has 0 aromatic carbocycles. The first-order valence-electron chi connectivity index (χ1n) is 10.4. The van der Waals surface area contributed by atoms with Crippen molar-refractivity contribution < 1.29 is 25.2 Å². The minimum Gasteiger partial charge on any atom is -0.394 e. The summed E-state index contributed by atoms with van der Waals surface area (Å²) >= 11 is 0. The van der Waals surface area contributed by atoms with Crippen molar-refractivity contribution >= 4 is 0 Å². The molecule has 2 aliphatic carbocycles. The number of hydrogen-bond donors (Lipinski definition) is 6. The van der Waals surface area contributed by atoms with E-state index in [1.807, 2.05) is 0 Å². The van der Waals surface area contributed by atoms with Gasteiger partial charge in [0.25, 0.3) is 0 Å². The molecule has 0 bridgehead atoms. The highest BCUT2D eigenvalue weighted by Crippen LogP contribution is 2.41. The van der Waals surface area contributed by atoms with Crippen LogP contribution in [0.3, 0.4) is 0 Å². The fraction of sp³-hybridized carbons (Fsp3) is 1.00. The summed E-state index contributed by atoms with van der Waals surface area (Å²) in [7, 11) is 0. The van der Waals surface area contributed by atoms with Gasteiger partial charge in [-0.2, -0.15) is 0 Å². The quantitative estimate of drug-likeness (QED) is 0.396. The molecule has 7 nitrogen and oxygen atoms in total. The van der Waals surface area contributed by atoms with Crippen molar-refractivity contribution in [2.75, 3.05) is 6.61 Å². The number of aliphatic hydroxyl groups excluding tert-OH is 4. The van der Waals surface area contributed by atoms with E-state index in [0.717, 1.165) is 12.8 Å². The fourth-order valence-corrected chi connectivity index (χ4v) is 5.93. The molecule has 0 spiro atoms. The molecule has 9 atom stereocenters. The number of ether oxygens (including phenoxy) is 1. The lowest BCUT2D eigenvalue weighted by molar-refractivity contribution is -0.257. The van der Waals surface area contributed by atoms with E-state index in [1.165, 1.54) is 38.5 Å². The van der Waals surface area contributed by atoms with Gasteiger partial charge < -0.3 is 35.8 Å². The second-order valence-electron chi connectivity index (χ2n) is 8.72. The Morgan fingerprint density at radius 3 is 1.96 bits per heavy atom. The molecule has 2 heterocycles. The third kappa shape index (κ3) is 3.43. The average molecular weight is 370 g/mol. The van der Waals surface area contributed by atoms with Crippen LogP contribution in [-0.2, 0) is 4.74 Å². The van der Waals surface area contributed by atoms with Crippen LogP contribution in [0.1, 0.15) is 51.4 Å². The third-order valence-corrected chi connectivity index (χ3v) is 7.27. The van der Waals surface area contributed by atoms with Gasteiger partial charge in [-0.15, -0.1) is 0 Å². The van der Waals surface area contributed by atoms with Gasteiger partial charge in [0.15, 0.2) is 6.29 Å². The zero-order valence-electron chi connectivity index (χ0n) is 15.3. The number of fused-ring (bicyclic) bond motifs is 2. The van der Waals surface area contributed by atoms with E-state index in [4.69, 9.17) is 4.74 Å². The molecular weight excluding hydrogens is 336 g/mol. The first-order chi connectivity index (χ1) is 12.6. The van der Waals surface area contributed by atoms with E-state index < -0.39 is 37.3 Å². The molecule has 2 saturated heterocycles. The smallest absolute Gasteiger partial charge is 0.173 e. The highest BCUT2D eigenvalue weighted by molar-refractivity contribution is 5.05. The van der Waals surface area contributed by atoms with Crippen molar-refractivity contribution in [1.82, 2.24) is 10.6 Å². The molecule has 4 unspecified atom stereocenters. The Bertz CT molecular complexity index is 459. The van der Waals surface area contributed by atoms with Crippen molar-refractivity contribution in [3.8, 4) is 0 Å². The minimum atomic E-state index is -1.23. The van der Waals surface area contributed by atoms with Crippen LogP contribution in [0.2, 0.25) is 0 Å². The molecule has 26 heavy (non-hydrogen) atoms. The third-order valence-electron chi connectivity index (χ3n) is 7.27. The van der Waals surface area contributed by atoms with E-state index in [0.29, 0.717) is 23.9 Å². The van der Waals surface area contributed by atoms with Crippen LogP contribution in [0.5, 0.6) is 0 Å². The number of hydrogen-bond acceptors (Lipinski definition) is 7. The Hall–Kier alpha value is -0.280. The Kier molecular flexibility index (Phi) is 5.86. The molecule has 0 aromatic heterocycles. The summed E-state index contributed by atoms with van der Waals surface area (Å²) in [5.41, 5.74) is 0. The number of rotatable bonds is 3. The predicted octanol–water partition coefficient (Wildman–Crippen LogP) is -0.535. The molecule has 2 saturated carbocycles. The van der Waals surface area contributed by atoms with Gasteiger partial charge in [0, 0.05) is 18.1 Å². The SMILES string of the molecule is OC[C@@H]1O[C@H](O)[C@@H](NC2C3CCCCC3NC3CCCCC32)[C@H](O)[C@@H]1O. The van der Waals surface area contributed by atoms with E-state index in [2.05, 4.69) is 10.6 Å². The van der Waals surface area contributed by atoms with Gasteiger partial charge in [-0.25, -0.2) is 0 Å². The van der Waals surface area contributed by atoms with E-state index in [1.54, 1.807) is 0 Å². The average Bonchev–Trinajstić information content (AvgIpc) is 2.67. The van der Waals surface area contributed by atoms with Gasteiger partial charge in [-0.1, -0.05) is 25.7 Å². The first kappa shape index (κ1) is 19.1. The summed E-state index contributed by atoms with van der Waals surface area (Å²) in [6.07, 6.45) is 5.10. The first-order valence-corrected chi connectivity index (χ1v) is 10.4. The van der Waals surface area contributed by atoms with Crippen molar-refractivity contribution in [2.45, 2.75) is 100 Å². The molecule has 4 aliphatic rings. The summed E-state index contributed by atoms with van der Waals surface area (Å²) < 4.78 is 5.36. The van der Waals surface area contributed by atoms with Gasteiger partial charge in [-0.05, 0) is 37.5 Å². The Morgan fingerprint density at radius 1 is 0.808 bits per heavy atom. The molecule has 2 aliphatic heterocycles. The van der Waals surface area contributed by atoms with Gasteiger partial charge in [0.1, 0.15) is 18.3 Å². The molecule has 150 valence electrons. The maximum absolute atomic E-state index is 10.6. The van der Waals surface area contributed by atoms with Gasteiger partial charge >= 0.3 is 0 Å². The van der Waals surface area contributed by atoms with Crippen LogP contribution >= 0.6 is 0 Å². The summed E-state index contributed by atoms with van der Waals surface area (Å²) in [6, 6.07) is 0.465. The molecule has 0 radical (unpaired) electrons. The Balaban J connectivity index is 1.53. The number of nitrogens with one attached hydrogen (secondary N) is 2. The molecular formula is C19H34N2O5. The minimum absolute atomic E-state index is 0.211. The summed E-state index contributed by atoms with van der Waals surface area (Å²) in [5, 5.41) is 47.9. The van der Waals surface area contributed by atoms with Crippen LogP contribution in [0, 0.1) is 11.8 Å². The van der Waals surface area contributed by atoms with Crippen LogP contribution < -0.4 is 10.6 Å². The molecule has 0 amide bonds. The molecule has 4 rings (SSSR count). The van der Waals surface area contributed by atoms with Gasteiger partial charge in [-0.3, -0.25) is 0 Å². The Labute approximate surface area is 155 Å². The summed E-state index contributed by atoms with van der Waals surface area (Å²) in [4.78, 5) is 0. The van der Waals surface area contributed by atoms with Crippen molar-refractivity contribution in [3.05, 3.63) is 0 Å². The van der Waals surface area contributed by atoms with E-state index in [9.17, 15) is 20.4 Å². The highest BCUT2D eigenvalue weighted by Gasteiger charge is 2.50. The van der Waals surface area contributed by atoms with Crippen LogP contribution in [0.15, 0.2) is 0 Å². The lowest BCUT2D eigenvalue weighted by atomic mass is 9.65. The fourth-order valence-electron chi connectivity index (χ4n) is 5.93.